The van der Waals surface area contributed by atoms with Gasteiger partial charge in [-0.15, -0.1) is 0 Å². The molecule has 0 aliphatic carbocycles. The third-order valence-corrected chi connectivity index (χ3v) is 3.73. The molecule has 1 aromatic heterocycles. The second kappa shape index (κ2) is 5.14. The van der Waals surface area contributed by atoms with Crippen LogP contribution in [0.15, 0.2) is 35.0 Å². The summed E-state index contributed by atoms with van der Waals surface area (Å²) < 4.78 is 5.04. The maximum Gasteiger partial charge on any atom is 0.262 e. The Labute approximate surface area is 131 Å². The highest BCUT2D eigenvalue weighted by Crippen LogP contribution is 2.21. The van der Waals surface area contributed by atoms with Crippen LogP contribution in [0.2, 0.25) is 0 Å². The van der Waals surface area contributed by atoms with Crippen LogP contribution in [0.1, 0.15) is 20.7 Å². The molecule has 0 spiro atoms. The summed E-state index contributed by atoms with van der Waals surface area (Å²) in [4.78, 5) is 27.3. The van der Waals surface area contributed by atoms with E-state index in [9.17, 15) is 9.59 Å². The first-order valence-electron chi connectivity index (χ1n) is 7.07. The molecule has 0 fully saturated rings. The highest BCUT2D eigenvalue weighted by molar-refractivity contribution is 6.21. The van der Waals surface area contributed by atoms with E-state index in [-0.39, 0.29) is 18.4 Å². The van der Waals surface area contributed by atoms with Crippen LogP contribution in [-0.2, 0) is 0 Å². The Hall–Kier alpha value is -3.33. The lowest BCUT2D eigenvalue weighted by atomic mass is 10.1. The Bertz CT molecular complexity index is 959. The first kappa shape index (κ1) is 13.3. The lowest BCUT2D eigenvalue weighted by Gasteiger charge is -2.12. The molecule has 1 aromatic carbocycles. The summed E-state index contributed by atoms with van der Waals surface area (Å²) in [5, 5.41) is 4.57. The number of carbonyl (C=O) groups excluding carboxylic acids is 2. The minimum Gasteiger partial charge on any atom is -0.357 e. The lowest BCUT2D eigenvalue weighted by molar-refractivity contribution is 0.0675. The van der Waals surface area contributed by atoms with Crippen molar-refractivity contribution in [3.8, 4) is 12.0 Å². The van der Waals surface area contributed by atoms with E-state index in [0.717, 1.165) is 15.5 Å². The van der Waals surface area contributed by atoms with Gasteiger partial charge in [0.25, 0.3) is 11.8 Å². The van der Waals surface area contributed by atoms with Crippen molar-refractivity contribution in [2.45, 2.75) is 0 Å². The van der Waals surface area contributed by atoms with Crippen molar-refractivity contribution in [1.82, 2.24) is 15.0 Å². The predicted octanol–water partition coefficient (Wildman–Crippen LogP) is -0.234. The zero-order valence-electron chi connectivity index (χ0n) is 12.0. The van der Waals surface area contributed by atoms with Crippen LogP contribution in [0.5, 0.6) is 0 Å². The van der Waals surface area contributed by atoms with Crippen molar-refractivity contribution in [2.75, 3.05) is 13.1 Å². The maximum absolute atomic E-state index is 12.2. The molecule has 6 nitrogen and oxygen atoms in total. The van der Waals surface area contributed by atoms with Crippen molar-refractivity contribution in [1.29, 1.82) is 0 Å². The van der Waals surface area contributed by atoms with Gasteiger partial charge in [-0.3, -0.25) is 14.5 Å². The van der Waals surface area contributed by atoms with Gasteiger partial charge in [0.05, 0.1) is 35.6 Å². The van der Waals surface area contributed by atoms with E-state index in [1.807, 2.05) is 12.3 Å². The number of aromatic nitrogens is 1. The van der Waals surface area contributed by atoms with Crippen molar-refractivity contribution in [2.24, 2.45) is 0 Å². The Morgan fingerprint density at radius 1 is 1.17 bits per heavy atom. The zero-order valence-corrected chi connectivity index (χ0v) is 12.0. The predicted molar refractivity (Wildman–Crippen MR) is 81.0 cm³/mol. The molecule has 2 amide bonds. The first-order valence-corrected chi connectivity index (χ1v) is 7.07. The molecule has 112 valence electrons. The number of benzene rings is 1. The monoisotopic (exact) mass is 305 g/mol. The largest absolute Gasteiger partial charge is 0.357 e. The van der Waals surface area contributed by atoms with Crippen LogP contribution >= 0.6 is 0 Å². The Morgan fingerprint density at radius 2 is 1.91 bits per heavy atom. The van der Waals surface area contributed by atoms with Gasteiger partial charge in [-0.1, -0.05) is 23.2 Å². The summed E-state index contributed by atoms with van der Waals surface area (Å²) in [7, 11) is 0. The van der Waals surface area contributed by atoms with Crippen LogP contribution in [0.3, 0.4) is 0 Å². The summed E-state index contributed by atoms with van der Waals surface area (Å²) >= 11 is 0. The average Bonchev–Trinajstić information content (AvgIpc) is 3.13. The molecule has 2 aromatic rings. The Morgan fingerprint density at radius 3 is 2.65 bits per heavy atom. The van der Waals surface area contributed by atoms with Gasteiger partial charge in [0, 0.05) is 12.2 Å². The first-order chi connectivity index (χ1) is 11.2. The number of imide groups is 1. The Balaban J connectivity index is 1.51. The summed E-state index contributed by atoms with van der Waals surface area (Å²) in [6.07, 6.45) is 5.31. The molecule has 0 unspecified atom stereocenters. The summed E-state index contributed by atoms with van der Waals surface area (Å²) in [6.45, 7) is 0.629. The van der Waals surface area contributed by atoms with E-state index >= 15 is 0 Å². The summed E-state index contributed by atoms with van der Waals surface area (Å²) in [5.41, 5.74) is 1.60. The van der Waals surface area contributed by atoms with Crippen LogP contribution in [-0.4, -0.2) is 39.9 Å². The fraction of sp³-hybridized carbons (Fsp3) is 0.118. The quantitative estimate of drug-likeness (QED) is 0.538. The Kier molecular flexibility index (Phi) is 2.98. The van der Waals surface area contributed by atoms with E-state index < -0.39 is 0 Å². The fourth-order valence-electron chi connectivity index (χ4n) is 2.59. The second-order valence-corrected chi connectivity index (χ2v) is 5.16. The minimum atomic E-state index is -0.296. The van der Waals surface area contributed by atoms with Crippen LogP contribution in [0, 0.1) is 12.0 Å². The van der Waals surface area contributed by atoms with Gasteiger partial charge < -0.3 is 9.42 Å². The van der Waals surface area contributed by atoms with Crippen molar-refractivity contribution in [3.63, 3.8) is 0 Å². The fourth-order valence-corrected chi connectivity index (χ4v) is 2.59. The molecule has 3 heterocycles. The molecule has 0 saturated carbocycles. The van der Waals surface area contributed by atoms with Crippen LogP contribution < -0.4 is 10.6 Å². The highest BCUT2D eigenvalue weighted by Gasteiger charge is 2.34. The summed E-state index contributed by atoms with van der Waals surface area (Å²) in [5.74, 6) is 2.28. The average molecular weight is 305 g/mol. The van der Waals surface area contributed by atoms with Gasteiger partial charge in [-0.2, -0.15) is 0 Å². The molecular weight excluding hydrogens is 294 g/mol. The number of hydrogen-bond acceptors (Lipinski definition) is 5. The van der Waals surface area contributed by atoms with Gasteiger partial charge in [0.1, 0.15) is 0 Å². The summed E-state index contributed by atoms with van der Waals surface area (Å²) in [6, 6.07) is 9.73. The molecule has 0 N–H and O–H groups in total. The van der Waals surface area contributed by atoms with Crippen LogP contribution in [0.4, 0.5) is 0 Å². The van der Waals surface area contributed by atoms with E-state index in [4.69, 9.17) is 4.52 Å². The topological polar surface area (TPSA) is 66.7 Å². The standard InChI is InChI=1S/C17H11N3O3/c21-16-13-4-1-2-5-14(13)17(22)20(16)8-3-7-19-9-6-15-12(11-19)10-18-23-15/h1-2,4-6,10-11H,8-9H2. The van der Waals surface area contributed by atoms with Gasteiger partial charge in [0.2, 0.25) is 0 Å². The van der Waals surface area contributed by atoms with E-state index in [1.54, 1.807) is 35.4 Å². The number of carbonyl (C=O) groups is 2. The van der Waals surface area contributed by atoms with E-state index in [1.165, 1.54) is 0 Å². The van der Waals surface area contributed by atoms with Gasteiger partial charge >= 0.3 is 0 Å². The molecule has 6 heteroatoms. The molecule has 0 radical (unpaired) electrons. The normalized spacial score (nSPS) is 15.3. The van der Waals surface area contributed by atoms with Gasteiger partial charge in [0.15, 0.2) is 5.42 Å². The number of hydrogen-bond donors (Lipinski definition) is 0. The van der Waals surface area contributed by atoms with Crippen molar-refractivity contribution in [3.05, 3.63) is 52.2 Å². The molecular formula is C17H11N3O3. The van der Waals surface area contributed by atoms with E-state index in [0.29, 0.717) is 17.7 Å². The van der Waals surface area contributed by atoms with Crippen molar-refractivity contribution >= 4 is 24.1 Å². The molecule has 23 heavy (non-hydrogen) atoms. The molecule has 2 aliphatic rings. The van der Waals surface area contributed by atoms with Gasteiger partial charge in [-0.25, -0.2) is 0 Å². The molecule has 0 atom stereocenters. The number of nitrogens with zero attached hydrogens (tertiary/aromatic N) is 3. The molecule has 0 bridgehead atoms. The van der Waals surface area contributed by atoms with Crippen LogP contribution in [0.25, 0.3) is 12.3 Å². The molecule has 2 aliphatic heterocycles. The molecule has 4 rings (SSSR count). The number of fused-ring (bicyclic) bond motifs is 2. The molecule has 0 saturated heterocycles. The zero-order chi connectivity index (χ0) is 15.8. The number of rotatable bonds is 1. The minimum absolute atomic E-state index is 0.0627. The maximum atomic E-state index is 12.2. The smallest absolute Gasteiger partial charge is 0.262 e. The lowest BCUT2D eigenvalue weighted by Crippen LogP contribution is -2.32. The highest BCUT2D eigenvalue weighted by atomic mass is 16.5. The SMILES string of the molecule is O=C1c2ccccc2C(=O)N1CC#CN1C=c2cnoc2=CC1. The number of amides is 2. The third-order valence-electron chi connectivity index (χ3n) is 3.73. The second-order valence-electron chi connectivity index (χ2n) is 5.16. The van der Waals surface area contributed by atoms with Crippen molar-refractivity contribution < 1.29 is 14.1 Å². The third kappa shape index (κ3) is 2.19. The van der Waals surface area contributed by atoms with Gasteiger partial charge in [-0.05, 0) is 18.2 Å². The van der Waals surface area contributed by atoms with E-state index in [2.05, 4.69) is 17.1 Å².